The lowest BCUT2D eigenvalue weighted by Crippen LogP contribution is -2.20. The number of unbranched alkanes of at least 4 members (excludes halogenated alkanes) is 3. The molecule has 0 aromatic rings. The first-order chi connectivity index (χ1) is 6.85. The maximum absolute atomic E-state index is 4.50. The largest absolute Gasteiger partial charge is 0.297 e. The van der Waals surface area contributed by atoms with Gasteiger partial charge in [0.1, 0.15) is 0 Å². The highest BCUT2D eigenvalue weighted by molar-refractivity contribution is 5.56. The summed E-state index contributed by atoms with van der Waals surface area (Å²) in [5.74, 6) is 0. The second-order valence-corrected chi connectivity index (χ2v) is 3.75. The van der Waals surface area contributed by atoms with Gasteiger partial charge in [-0.15, -0.1) is 0 Å². The summed E-state index contributed by atoms with van der Waals surface area (Å²) in [6, 6.07) is 0. The van der Waals surface area contributed by atoms with E-state index in [1.54, 1.807) is 0 Å². The minimum atomic E-state index is 1.11. The van der Waals surface area contributed by atoms with Crippen molar-refractivity contribution in [2.24, 2.45) is 5.10 Å². The van der Waals surface area contributed by atoms with E-state index in [9.17, 15) is 0 Å². The van der Waals surface area contributed by atoms with Gasteiger partial charge in [0.2, 0.25) is 0 Å². The van der Waals surface area contributed by atoms with Crippen LogP contribution >= 0.6 is 0 Å². The summed E-state index contributed by atoms with van der Waals surface area (Å²) < 4.78 is 0. The zero-order valence-electron chi connectivity index (χ0n) is 10.1. The van der Waals surface area contributed by atoms with Crippen molar-refractivity contribution >= 4 is 6.21 Å². The highest BCUT2D eigenvalue weighted by Gasteiger charge is 1.97. The van der Waals surface area contributed by atoms with Gasteiger partial charge in [-0.2, -0.15) is 5.10 Å². The fourth-order valence-electron chi connectivity index (χ4n) is 1.21. The van der Waals surface area contributed by atoms with Crippen molar-refractivity contribution < 1.29 is 0 Å². The average Bonchev–Trinajstić information content (AvgIpc) is 2.21. The minimum Gasteiger partial charge on any atom is -0.297 e. The molecular formula is C12H26N2. The van der Waals surface area contributed by atoms with E-state index < -0.39 is 0 Å². The zero-order chi connectivity index (χ0) is 10.6. The Labute approximate surface area is 89.4 Å². The quantitative estimate of drug-likeness (QED) is 0.407. The van der Waals surface area contributed by atoms with Gasteiger partial charge >= 0.3 is 0 Å². The number of hydrogen-bond donors (Lipinski definition) is 0. The van der Waals surface area contributed by atoms with Crippen LogP contribution < -0.4 is 0 Å². The van der Waals surface area contributed by atoms with Crippen molar-refractivity contribution in [1.29, 1.82) is 0 Å². The number of hydrogen-bond acceptors (Lipinski definition) is 2. The standard InChI is InChI=1S/C12H26N2/c1-4-7-10-13-14(11-8-5-2)12-9-6-3/h10H,4-9,11-12H2,1-3H3/b13-10+. The molecule has 0 aliphatic carbocycles. The molecule has 0 amide bonds. The van der Waals surface area contributed by atoms with Crippen molar-refractivity contribution in [2.75, 3.05) is 13.1 Å². The third-order valence-corrected chi connectivity index (χ3v) is 2.20. The molecule has 14 heavy (non-hydrogen) atoms. The molecule has 84 valence electrons. The molecule has 0 aliphatic rings. The predicted octanol–water partition coefficient (Wildman–Crippen LogP) is 3.67. The van der Waals surface area contributed by atoms with Crippen LogP contribution in [0.2, 0.25) is 0 Å². The SMILES string of the molecule is CCC/C=N/N(CCCC)CCCC. The molecule has 0 unspecified atom stereocenters. The molecular weight excluding hydrogens is 172 g/mol. The summed E-state index contributed by atoms with van der Waals surface area (Å²) in [5, 5.41) is 6.72. The molecule has 2 heteroatoms. The van der Waals surface area contributed by atoms with Crippen LogP contribution in [0.1, 0.15) is 59.3 Å². The Morgan fingerprint density at radius 1 is 0.929 bits per heavy atom. The van der Waals surface area contributed by atoms with Gasteiger partial charge in [-0.1, -0.05) is 40.0 Å². The van der Waals surface area contributed by atoms with Crippen LogP contribution in [0.3, 0.4) is 0 Å². The maximum atomic E-state index is 4.50. The summed E-state index contributed by atoms with van der Waals surface area (Å²) in [6.45, 7) is 8.89. The fourth-order valence-corrected chi connectivity index (χ4v) is 1.21. The van der Waals surface area contributed by atoms with Crippen LogP contribution in [0.15, 0.2) is 5.10 Å². The lowest BCUT2D eigenvalue weighted by molar-refractivity contribution is 0.279. The van der Waals surface area contributed by atoms with Crippen molar-refractivity contribution in [2.45, 2.75) is 59.3 Å². The first kappa shape index (κ1) is 13.5. The van der Waals surface area contributed by atoms with Gasteiger partial charge < -0.3 is 0 Å². The predicted molar refractivity (Wildman–Crippen MR) is 64.8 cm³/mol. The van der Waals surface area contributed by atoms with Gasteiger partial charge in [0, 0.05) is 19.3 Å². The normalized spacial score (nSPS) is 11.1. The molecule has 0 heterocycles. The molecule has 0 fully saturated rings. The third-order valence-electron chi connectivity index (χ3n) is 2.20. The van der Waals surface area contributed by atoms with E-state index in [2.05, 4.69) is 37.1 Å². The van der Waals surface area contributed by atoms with Gasteiger partial charge in [0.25, 0.3) is 0 Å². The number of hydrazone groups is 1. The minimum absolute atomic E-state index is 1.11. The van der Waals surface area contributed by atoms with E-state index in [1.807, 2.05) is 0 Å². The Morgan fingerprint density at radius 3 is 1.93 bits per heavy atom. The highest BCUT2D eigenvalue weighted by Crippen LogP contribution is 1.99. The summed E-state index contributed by atoms with van der Waals surface area (Å²) in [7, 11) is 0. The highest BCUT2D eigenvalue weighted by atomic mass is 15.4. The molecule has 0 saturated carbocycles. The maximum Gasteiger partial charge on any atom is 0.0360 e. The molecule has 0 aliphatic heterocycles. The Bertz CT molecular complexity index is 124. The van der Waals surface area contributed by atoms with Crippen LogP contribution in [-0.2, 0) is 0 Å². The Morgan fingerprint density at radius 2 is 1.50 bits per heavy atom. The van der Waals surface area contributed by atoms with Crippen LogP contribution in [0.4, 0.5) is 0 Å². The Kier molecular flexibility index (Phi) is 10.2. The number of rotatable bonds is 9. The summed E-state index contributed by atoms with van der Waals surface area (Å²) in [6.07, 6.45) is 9.39. The van der Waals surface area contributed by atoms with E-state index in [0.29, 0.717) is 0 Å². The molecule has 0 N–H and O–H groups in total. The van der Waals surface area contributed by atoms with E-state index in [0.717, 1.165) is 19.5 Å². The first-order valence-electron chi connectivity index (χ1n) is 6.12. The smallest absolute Gasteiger partial charge is 0.0360 e. The third kappa shape index (κ3) is 8.09. The van der Waals surface area contributed by atoms with Crippen molar-refractivity contribution in [3.63, 3.8) is 0 Å². The van der Waals surface area contributed by atoms with Crippen molar-refractivity contribution in [3.8, 4) is 0 Å². The van der Waals surface area contributed by atoms with E-state index in [-0.39, 0.29) is 0 Å². The number of nitrogens with zero attached hydrogens (tertiary/aromatic N) is 2. The van der Waals surface area contributed by atoms with Crippen LogP contribution in [-0.4, -0.2) is 24.3 Å². The fraction of sp³-hybridized carbons (Fsp3) is 0.917. The monoisotopic (exact) mass is 198 g/mol. The molecule has 0 radical (unpaired) electrons. The Hall–Kier alpha value is -0.530. The molecule has 2 nitrogen and oxygen atoms in total. The second-order valence-electron chi connectivity index (χ2n) is 3.75. The topological polar surface area (TPSA) is 15.6 Å². The lowest BCUT2D eigenvalue weighted by Gasteiger charge is -2.18. The van der Waals surface area contributed by atoms with E-state index in [4.69, 9.17) is 0 Å². The second kappa shape index (κ2) is 10.6. The Balaban J connectivity index is 3.71. The molecule has 0 rings (SSSR count). The van der Waals surface area contributed by atoms with E-state index >= 15 is 0 Å². The molecule has 0 atom stereocenters. The molecule has 0 aromatic heterocycles. The van der Waals surface area contributed by atoms with Crippen molar-refractivity contribution in [1.82, 2.24) is 5.01 Å². The first-order valence-corrected chi connectivity index (χ1v) is 6.12. The van der Waals surface area contributed by atoms with Crippen LogP contribution in [0.25, 0.3) is 0 Å². The van der Waals surface area contributed by atoms with Gasteiger partial charge in [0.05, 0.1) is 0 Å². The molecule has 0 saturated heterocycles. The summed E-state index contributed by atoms with van der Waals surface area (Å²) >= 11 is 0. The molecule has 0 spiro atoms. The summed E-state index contributed by atoms with van der Waals surface area (Å²) in [5.41, 5.74) is 0. The van der Waals surface area contributed by atoms with Gasteiger partial charge in [-0.05, 0) is 19.3 Å². The molecule has 0 bridgehead atoms. The van der Waals surface area contributed by atoms with Gasteiger partial charge in [0.15, 0.2) is 0 Å². The van der Waals surface area contributed by atoms with Gasteiger partial charge in [-0.25, -0.2) is 0 Å². The van der Waals surface area contributed by atoms with Crippen molar-refractivity contribution in [3.05, 3.63) is 0 Å². The summed E-state index contributed by atoms with van der Waals surface area (Å²) in [4.78, 5) is 0. The lowest BCUT2D eigenvalue weighted by atomic mass is 10.3. The zero-order valence-corrected chi connectivity index (χ0v) is 10.1. The average molecular weight is 198 g/mol. The molecule has 0 aromatic carbocycles. The van der Waals surface area contributed by atoms with E-state index in [1.165, 1.54) is 32.1 Å². The van der Waals surface area contributed by atoms with Gasteiger partial charge in [-0.3, -0.25) is 5.01 Å². The van der Waals surface area contributed by atoms with Crippen LogP contribution in [0, 0.1) is 0 Å². The van der Waals surface area contributed by atoms with Crippen LogP contribution in [0.5, 0.6) is 0 Å².